The van der Waals surface area contributed by atoms with E-state index in [1.807, 2.05) is 6.92 Å². The largest absolute Gasteiger partial charge is 0.478 e. The Bertz CT molecular complexity index is 361. The van der Waals surface area contributed by atoms with Crippen LogP contribution in [0.25, 0.3) is 0 Å². The minimum absolute atomic E-state index is 0.228. The average molecular weight is 192 g/mol. The fourth-order valence-corrected chi connectivity index (χ4v) is 1.16. The van der Waals surface area contributed by atoms with E-state index >= 15 is 0 Å². The smallest absolute Gasteiger partial charge is 0.335 e. The third-order valence-corrected chi connectivity index (χ3v) is 1.82. The number of aromatic carboxylic acids is 1. The van der Waals surface area contributed by atoms with Gasteiger partial charge in [0, 0.05) is 24.0 Å². The number of rotatable bonds is 4. The molecule has 4 nitrogen and oxygen atoms in total. The second-order valence-electron chi connectivity index (χ2n) is 2.78. The Balaban J connectivity index is 3.13. The van der Waals surface area contributed by atoms with E-state index in [1.165, 1.54) is 18.3 Å². The van der Waals surface area contributed by atoms with Gasteiger partial charge in [-0.3, -0.25) is 0 Å². The first-order valence-electron chi connectivity index (χ1n) is 4.30. The Labute approximate surface area is 82.1 Å². The molecule has 0 bridgehead atoms. The third kappa shape index (κ3) is 2.10. The second kappa shape index (κ2) is 4.41. The van der Waals surface area contributed by atoms with Crippen LogP contribution in [0.4, 0.5) is 5.69 Å². The van der Waals surface area contributed by atoms with Gasteiger partial charge in [0.05, 0.1) is 5.56 Å². The molecule has 0 saturated heterocycles. The van der Waals surface area contributed by atoms with E-state index < -0.39 is 5.97 Å². The number of carboxylic acids is 1. The quantitative estimate of drug-likeness (QED) is 0.637. The molecule has 0 spiro atoms. The summed E-state index contributed by atoms with van der Waals surface area (Å²) >= 11 is 0. The molecule has 0 atom stereocenters. The van der Waals surface area contributed by atoms with Crippen molar-refractivity contribution >= 4 is 17.9 Å². The van der Waals surface area contributed by atoms with Crippen LogP contribution in [0.5, 0.6) is 0 Å². The first-order chi connectivity index (χ1) is 6.69. The van der Waals surface area contributed by atoms with E-state index in [2.05, 4.69) is 5.32 Å². The zero-order valence-corrected chi connectivity index (χ0v) is 7.87. The van der Waals surface area contributed by atoms with E-state index in [1.54, 1.807) is 6.07 Å². The summed E-state index contributed by atoms with van der Waals surface area (Å²) < 4.78 is 0. The molecule has 0 unspecified atom stereocenters. The zero-order chi connectivity index (χ0) is 10.6. The first-order valence-corrected chi connectivity index (χ1v) is 4.30. The van der Waals surface area contributed by atoms with Crippen LogP contribution in [0.1, 0.15) is 22.8 Å². The van der Waals surface area contributed by atoms with Gasteiger partial charge in [0.25, 0.3) is 0 Å². The summed E-state index contributed by atoms with van der Waals surface area (Å²) in [6, 6.07) is 4.64. The van der Waals surface area contributed by atoms with E-state index in [4.69, 9.17) is 10.5 Å². The maximum absolute atomic E-state index is 10.7. The molecule has 14 heavy (non-hydrogen) atoms. The molecule has 0 saturated carbocycles. The summed E-state index contributed by atoms with van der Waals surface area (Å²) in [5.41, 5.74) is 1.60. The zero-order valence-electron chi connectivity index (χ0n) is 7.87. The van der Waals surface area contributed by atoms with Crippen molar-refractivity contribution in [2.75, 3.05) is 11.9 Å². The van der Waals surface area contributed by atoms with Gasteiger partial charge in [0.15, 0.2) is 0 Å². The van der Waals surface area contributed by atoms with Crippen LogP contribution >= 0.6 is 0 Å². The summed E-state index contributed by atoms with van der Waals surface area (Å²) in [4.78, 5) is 10.7. The fraction of sp³-hybridized carbons (Fsp3) is 0.200. The molecular weight excluding hydrogens is 180 g/mol. The van der Waals surface area contributed by atoms with E-state index in [0.717, 1.165) is 0 Å². The molecule has 4 heteroatoms. The lowest BCUT2D eigenvalue weighted by molar-refractivity contribution is 0.0697. The molecule has 0 amide bonds. The highest BCUT2D eigenvalue weighted by Gasteiger charge is 2.05. The summed E-state index contributed by atoms with van der Waals surface area (Å²) in [6.07, 6.45) is 1.20. The topological polar surface area (TPSA) is 73.2 Å². The minimum Gasteiger partial charge on any atom is -0.478 e. The van der Waals surface area contributed by atoms with Gasteiger partial charge in [-0.15, -0.1) is 0 Å². The van der Waals surface area contributed by atoms with Gasteiger partial charge in [0.2, 0.25) is 0 Å². The summed E-state index contributed by atoms with van der Waals surface area (Å²) in [7, 11) is 0. The molecule has 1 aromatic rings. The summed E-state index contributed by atoms with van der Waals surface area (Å²) in [6.45, 7) is 2.62. The third-order valence-electron chi connectivity index (χ3n) is 1.82. The van der Waals surface area contributed by atoms with Gasteiger partial charge >= 0.3 is 5.97 Å². The fourth-order valence-electron chi connectivity index (χ4n) is 1.16. The van der Waals surface area contributed by atoms with Crippen molar-refractivity contribution in [1.29, 1.82) is 5.41 Å². The van der Waals surface area contributed by atoms with Gasteiger partial charge in [0.1, 0.15) is 0 Å². The van der Waals surface area contributed by atoms with Gasteiger partial charge < -0.3 is 15.8 Å². The Kier molecular flexibility index (Phi) is 3.23. The van der Waals surface area contributed by atoms with Gasteiger partial charge in [-0.2, -0.15) is 0 Å². The monoisotopic (exact) mass is 192 g/mol. The van der Waals surface area contributed by atoms with Crippen LogP contribution in [0.3, 0.4) is 0 Å². The highest BCUT2D eigenvalue weighted by atomic mass is 16.4. The van der Waals surface area contributed by atoms with Crippen molar-refractivity contribution in [3.63, 3.8) is 0 Å². The molecule has 3 N–H and O–H groups in total. The molecule has 0 aliphatic carbocycles. The molecule has 74 valence electrons. The lowest BCUT2D eigenvalue weighted by atomic mass is 10.1. The SMILES string of the molecule is CCNc1cc(C(=O)O)ccc1C=N. The Morgan fingerprint density at radius 1 is 1.64 bits per heavy atom. The Morgan fingerprint density at radius 2 is 2.36 bits per heavy atom. The Hall–Kier alpha value is -1.84. The van der Waals surface area contributed by atoms with Crippen molar-refractivity contribution in [2.24, 2.45) is 0 Å². The molecule has 0 radical (unpaired) electrons. The standard InChI is InChI=1S/C10H12N2O2/c1-2-12-9-5-7(10(13)14)3-4-8(9)6-11/h3-6,11-12H,2H2,1H3,(H,13,14). The molecule has 0 aliphatic heterocycles. The molecule has 0 fully saturated rings. The lowest BCUT2D eigenvalue weighted by Gasteiger charge is -2.07. The number of anilines is 1. The predicted octanol–water partition coefficient (Wildman–Crippen LogP) is 1.81. The first kappa shape index (κ1) is 10.2. The molecular formula is C10H12N2O2. The summed E-state index contributed by atoms with van der Waals surface area (Å²) in [5.74, 6) is -0.958. The maximum atomic E-state index is 10.7. The molecule has 0 heterocycles. The molecule has 1 rings (SSSR count). The summed E-state index contributed by atoms with van der Waals surface area (Å²) in [5, 5.41) is 18.9. The van der Waals surface area contributed by atoms with Crippen molar-refractivity contribution in [1.82, 2.24) is 0 Å². The number of carbonyl (C=O) groups is 1. The molecule has 0 aliphatic rings. The van der Waals surface area contributed by atoms with Crippen molar-refractivity contribution in [3.8, 4) is 0 Å². The number of benzene rings is 1. The van der Waals surface area contributed by atoms with Crippen LogP contribution in [-0.2, 0) is 0 Å². The normalized spacial score (nSPS) is 9.50. The van der Waals surface area contributed by atoms with Crippen molar-refractivity contribution in [2.45, 2.75) is 6.92 Å². The number of hydrogen-bond acceptors (Lipinski definition) is 3. The molecule has 0 aromatic heterocycles. The van der Waals surface area contributed by atoms with Crippen molar-refractivity contribution in [3.05, 3.63) is 29.3 Å². The van der Waals surface area contributed by atoms with Crippen LogP contribution in [0, 0.1) is 5.41 Å². The number of nitrogens with one attached hydrogen (secondary N) is 2. The van der Waals surface area contributed by atoms with E-state index in [9.17, 15) is 4.79 Å². The highest BCUT2D eigenvalue weighted by molar-refractivity contribution is 5.93. The van der Waals surface area contributed by atoms with Gasteiger partial charge in [-0.1, -0.05) is 6.07 Å². The van der Waals surface area contributed by atoms with E-state index in [-0.39, 0.29) is 5.56 Å². The van der Waals surface area contributed by atoms with Gasteiger partial charge in [-0.05, 0) is 19.1 Å². The second-order valence-corrected chi connectivity index (χ2v) is 2.78. The number of hydrogen-bond donors (Lipinski definition) is 3. The highest BCUT2D eigenvalue weighted by Crippen LogP contribution is 2.15. The maximum Gasteiger partial charge on any atom is 0.335 e. The number of carboxylic acid groups (broad SMARTS) is 1. The van der Waals surface area contributed by atoms with Crippen LogP contribution in [0.15, 0.2) is 18.2 Å². The van der Waals surface area contributed by atoms with Crippen LogP contribution in [0.2, 0.25) is 0 Å². The van der Waals surface area contributed by atoms with E-state index in [0.29, 0.717) is 17.8 Å². The average Bonchev–Trinajstić information content (AvgIpc) is 2.18. The van der Waals surface area contributed by atoms with Crippen LogP contribution < -0.4 is 5.32 Å². The van der Waals surface area contributed by atoms with Crippen molar-refractivity contribution < 1.29 is 9.90 Å². The van der Waals surface area contributed by atoms with Crippen LogP contribution in [-0.4, -0.2) is 23.8 Å². The lowest BCUT2D eigenvalue weighted by Crippen LogP contribution is -2.03. The van der Waals surface area contributed by atoms with Gasteiger partial charge in [-0.25, -0.2) is 4.79 Å². The predicted molar refractivity (Wildman–Crippen MR) is 55.5 cm³/mol. The Morgan fingerprint density at radius 3 is 2.86 bits per heavy atom. The minimum atomic E-state index is -0.958. The molecule has 1 aromatic carbocycles.